The normalized spacial score (nSPS) is 24.3. The standard InChI is InChI=1S/C12H12O5/c1-16-12(15)11-8(10-3-2-4-17-10)5-7(13)6-9(11)14/h2-4,6,8,11,14H,5H2,1H3/t8-,11+/m0/s1. The van der Waals surface area contributed by atoms with Crippen molar-refractivity contribution in [1.82, 2.24) is 0 Å². The van der Waals surface area contributed by atoms with Gasteiger partial charge in [-0.1, -0.05) is 0 Å². The summed E-state index contributed by atoms with van der Waals surface area (Å²) in [5.74, 6) is -1.96. The Hall–Kier alpha value is -2.04. The molecule has 5 heteroatoms. The predicted molar refractivity (Wildman–Crippen MR) is 57.3 cm³/mol. The Morgan fingerprint density at radius 3 is 2.94 bits per heavy atom. The predicted octanol–water partition coefficient (Wildman–Crippen LogP) is 1.57. The SMILES string of the molecule is COC(=O)[C@H]1C(O)=CC(=O)C[C@H]1c1ccco1. The van der Waals surface area contributed by atoms with Crippen LogP contribution < -0.4 is 0 Å². The summed E-state index contributed by atoms with van der Waals surface area (Å²) < 4.78 is 9.83. The first kappa shape index (κ1) is 11.4. The smallest absolute Gasteiger partial charge is 0.317 e. The van der Waals surface area contributed by atoms with Gasteiger partial charge in [0.05, 0.1) is 13.4 Å². The van der Waals surface area contributed by atoms with Gasteiger partial charge in [-0.2, -0.15) is 0 Å². The third-order valence-electron chi connectivity index (χ3n) is 2.81. The molecule has 0 aliphatic heterocycles. The maximum Gasteiger partial charge on any atom is 0.317 e. The molecule has 1 N–H and O–H groups in total. The van der Waals surface area contributed by atoms with Crippen LogP contribution in [0.5, 0.6) is 0 Å². The van der Waals surface area contributed by atoms with Crippen LogP contribution in [0.2, 0.25) is 0 Å². The number of hydrogen-bond acceptors (Lipinski definition) is 5. The highest BCUT2D eigenvalue weighted by molar-refractivity contribution is 5.94. The van der Waals surface area contributed by atoms with Crippen molar-refractivity contribution in [3.8, 4) is 0 Å². The molecule has 0 saturated heterocycles. The molecule has 1 aromatic heterocycles. The highest BCUT2D eigenvalue weighted by atomic mass is 16.5. The van der Waals surface area contributed by atoms with Gasteiger partial charge in [-0.15, -0.1) is 0 Å². The molecule has 2 rings (SSSR count). The molecule has 0 unspecified atom stereocenters. The van der Waals surface area contributed by atoms with E-state index >= 15 is 0 Å². The number of aliphatic hydroxyl groups is 1. The number of hydrogen-bond donors (Lipinski definition) is 1. The third-order valence-corrected chi connectivity index (χ3v) is 2.81. The molecule has 17 heavy (non-hydrogen) atoms. The summed E-state index contributed by atoms with van der Waals surface area (Å²) in [6.07, 6.45) is 2.65. The van der Waals surface area contributed by atoms with Crippen LogP contribution in [-0.4, -0.2) is 24.0 Å². The van der Waals surface area contributed by atoms with E-state index in [2.05, 4.69) is 4.74 Å². The van der Waals surface area contributed by atoms with Gasteiger partial charge >= 0.3 is 5.97 Å². The van der Waals surface area contributed by atoms with Gasteiger partial charge in [0, 0.05) is 18.4 Å². The molecular weight excluding hydrogens is 224 g/mol. The number of carbonyl (C=O) groups is 2. The molecule has 1 aromatic rings. The molecule has 0 aromatic carbocycles. The molecule has 5 nitrogen and oxygen atoms in total. The zero-order chi connectivity index (χ0) is 12.4. The van der Waals surface area contributed by atoms with Crippen molar-refractivity contribution in [3.63, 3.8) is 0 Å². The fourth-order valence-electron chi connectivity index (χ4n) is 2.03. The van der Waals surface area contributed by atoms with E-state index in [0.717, 1.165) is 6.08 Å². The van der Waals surface area contributed by atoms with E-state index in [1.165, 1.54) is 13.4 Å². The molecule has 1 aliphatic rings. The summed E-state index contributed by atoms with van der Waals surface area (Å²) >= 11 is 0. The Kier molecular flexibility index (Phi) is 2.99. The van der Waals surface area contributed by atoms with Crippen LogP contribution in [0.25, 0.3) is 0 Å². The van der Waals surface area contributed by atoms with Crippen LogP contribution in [0.1, 0.15) is 18.1 Å². The molecule has 1 heterocycles. The molecule has 0 spiro atoms. The maximum absolute atomic E-state index is 11.6. The van der Waals surface area contributed by atoms with Crippen molar-refractivity contribution >= 4 is 11.8 Å². The van der Waals surface area contributed by atoms with E-state index in [-0.39, 0.29) is 18.0 Å². The minimum atomic E-state index is -0.871. The lowest BCUT2D eigenvalue weighted by Gasteiger charge is -2.25. The summed E-state index contributed by atoms with van der Waals surface area (Å²) in [6.45, 7) is 0. The summed E-state index contributed by atoms with van der Waals surface area (Å²) in [7, 11) is 1.24. The molecule has 90 valence electrons. The number of allylic oxidation sites excluding steroid dienone is 1. The summed E-state index contributed by atoms with van der Waals surface area (Å²) in [6, 6.07) is 3.34. The van der Waals surface area contributed by atoms with Crippen molar-refractivity contribution in [1.29, 1.82) is 0 Å². The minimum Gasteiger partial charge on any atom is -0.511 e. The summed E-state index contributed by atoms with van der Waals surface area (Å²) in [5.41, 5.74) is 0. The van der Waals surface area contributed by atoms with E-state index in [1.54, 1.807) is 12.1 Å². The number of esters is 1. The van der Waals surface area contributed by atoms with E-state index < -0.39 is 17.8 Å². The van der Waals surface area contributed by atoms with Gasteiger partial charge in [-0.25, -0.2) is 0 Å². The number of ether oxygens (including phenoxy) is 1. The molecule has 2 atom stereocenters. The van der Waals surface area contributed by atoms with Crippen LogP contribution in [0.15, 0.2) is 34.6 Å². The minimum absolute atomic E-state index is 0.122. The van der Waals surface area contributed by atoms with Crippen molar-refractivity contribution < 1.29 is 23.8 Å². The molecule has 0 fully saturated rings. The molecule has 0 radical (unpaired) electrons. The monoisotopic (exact) mass is 236 g/mol. The van der Waals surface area contributed by atoms with Gasteiger partial charge in [-0.05, 0) is 12.1 Å². The largest absolute Gasteiger partial charge is 0.511 e. The first-order valence-electron chi connectivity index (χ1n) is 5.18. The summed E-state index contributed by atoms with van der Waals surface area (Å²) in [4.78, 5) is 23.0. The average molecular weight is 236 g/mol. The van der Waals surface area contributed by atoms with E-state index in [0.29, 0.717) is 5.76 Å². The quantitative estimate of drug-likeness (QED) is 0.788. The van der Waals surface area contributed by atoms with Gasteiger partial charge in [0.2, 0.25) is 0 Å². The number of furan rings is 1. The Morgan fingerprint density at radius 2 is 2.35 bits per heavy atom. The number of rotatable bonds is 2. The number of methoxy groups -OCH3 is 1. The second-order valence-corrected chi connectivity index (χ2v) is 3.86. The third kappa shape index (κ3) is 2.08. The van der Waals surface area contributed by atoms with Crippen LogP contribution in [-0.2, 0) is 14.3 Å². The Labute approximate surface area is 97.7 Å². The second kappa shape index (κ2) is 4.45. The lowest BCUT2D eigenvalue weighted by atomic mass is 9.80. The van der Waals surface area contributed by atoms with Crippen molar-refractivity contribution in [2.45, 2.75) is 12.3 Å². The molecule has 0 bridgehead atoms. The highest BCUT2D eigenvalue weighted by Gasteiger charge is 2.40. The van der Waals surface area contributed by atoms with Crippen LogP contribution in [0, 0.1) is 5.92 Å². The van der Waals surface area contributed by atoms with Gasteiger partial charge in [0.15, 0.2) is 5.78 Å². The van der Waals surface area contributed by atoms with E-state index in [1.807, 2.05) is 0 Å². The Bertz CT molecular complexity index is 457. The highest BCUT2D eigenvalue weighted by Crippen LogP contribution is 2.36. The average Bonchev–Trinajstić information content (AvgIpc) is 2.80. The van der Waals surface area contributed by atoms with Crippen molar-refractivity contribution in [3.05, 3.63) is 36.0 Å². The van der Waals surface area contributed by atoms with Gasteiger partial charge in [0.1, 0.15) is 17.4 Å². The van der Waals surface area contributed by atoms with E-state index in [9.17, 15) is 14.7 Å². The van der Waals surface area contributed by atoms with Gasteiger partial charge in [-0.3, -0.25) is 9.59 Å². The lowest BCUT2D eigenvalue weighted by Crippen LogP contribution is -2.30. The van der Waals surface area contributed by atoms with Crippen LogP contribution in [0.3, 0.4) is 0 Å². The molecule has 0 saturated carbocycles. The topological polar surface area (TPSA) is 76.7 Å². The van der Waals surface area contributed by atoms with Crippen molar-refractivity contribution in [2.24, 2.45) is 5.92 Å². The zero-order valence-electron chi connectivity index (χ0n) is 9.25. The number of ketones is 1. The first-order chi connectivity index (χ1) is 8.13. The zero-order valence-corrected chi connectivity index (χ0v) is 9.25. The fraction of sp³-hybridized carbons (Fsp3) is 0.333. The van der Waals surface area contributed by atoms with Crippen LogP contribution in [0.4, 0.5) is 0 Å². The Balaban J connectivity index is 2.38. The first-order valence-corrected chi connectivity index (χ1v) is 5.18. The van der Waals surface area contributed by atoms with Crippen molar-refractivity contribution in [2.75, 3.05) is 7.11 Å². The maximum atomic E-state index is 11.6. The number of aliphatic hydroxyl groups excluding tert-OH is 1. The molecular formula is C12H12O5. The lowest BCUT2D eigenvalue weighted by molar-refractivity contribution is -0.146. The van der Waals surface area contributed by atoms with E-state index in [4.69, 9.17) is 4.42 Å². The summed E-state index contributed by atoms with van der Waals surface area (Å²) in [5, 5.41) is 9.71. The fourth-order valence-corrected chi connectivity index (χ4v) is 2.03. The van der Waals surface area contributed by atoms with Crippen LogP contribution >= 0.6 is 0 Å². The molecule has 1 aliphatic carbocycles. The number of carbonyl (C=O) groups excluding carboxylic acids is 2. The molecule has 0 amide bonds. The second-order valence-electron chi connectivity index (χ2n) is 3.86. The Morgan fingerprint density at radius 1 is 1.59 bits per heavy atom. The van der Waals surface area contributed by atoms with Gasteiger partial charge < -0.3 is 14.3 Å². The van der Waals surface area contributed by atoms with Gasteiger partial charge in [0.25, 0.3) is 0 Å².